The topological polar surface area (TPSA) is 25.4 Å². The van der Waals surface area contributed by atoms with Crippen LogP contribution in [-0.2, 0) is 0 Å². The maximum Gasteiger partial charge on any atom is 0.416 e. The van der Waals surface area contributed by atoms with Crippen LogP contribution in [0.25, 0.3) is 11.1 Å². The summed E-state index contributed by atoms with van der Waals surface area (Å²) in [5.74, 6) is 0.509. The number of benzene rings is 1. The molecular formula is C27H28F6N2O. The minimum atomic E-state index is -4.87. The molecule has 0 atom stereocenters. The molecule has 1 heterocycles. The van der Waals surface area contributed by atoms with Crippen molar-refractivity contribution in [2.24, 2.45) is 0 Å². The first-order valence-corrected chi connectivity index (χ1v) is 11.4. The number of hydrogen-bond acceptors (Lipinski definition) is 3. The van der Waals surface area contributed by atoms with Crippen molar-refractivity contribution in [2.75, 3.05) is 26.7 Å². The fraction of sp³-hybridized carbons (Fsp3) is 0.370. The molecule has 0 aliphatic heterocycles. The normalized spacial score (nSPS) is 14.8. The van der Waals surface area contributed by atoms with E-state index >= 15 is 0 Å². The minimum Gasteiger partial charge on any atom is -0.477 e. The van der Waals surface area contributed by atoms with E-state index in [0.29, 0.717) is 25.5 Å². The zero-order valence-electron chi connectivity index (χ0n) is 20.3. The Balaban J connectivity index is 1.58. The smallest absolute Gasteiger partial charge is 0.416 e. The predicted octanol–water partition coefficient (Wildman–Crippen LogP) is 7.37. The Hall–Kier alpha value is -3.07. The highest BCUT2D eigenvalue weighted by Crippen LogP contribution is 2.36. The van der Waals surface area contributed by atoms with Gasteiger partial charge in [0.1, 0.15) is 0 Å². The van der Waals surface area contributed by atoms with Crippen LogP contribution in [0.1, 0.15) is 24.0 Å². The molecule has 3 nitrogen and oxygen atoms in total. The van der Waals surface area contributed by atoms with Gasteiger partial charge in [-0.3, -0.25) is 0 Å². The summed E-state index contributed by atoms with van der Waals surface area (Å²) in [5, 5.41) is 0. The second-order valence-corrected chi connectivity index (χ2v) is 8.80. The fourth-order valence-corrected chi connectivity index (χ4v) is 4.02. The Morgan fingerprint density at radius 1 is 0.917 bits per heavy atom. The summed E-state index contributed by atoms with van der Waals surface area (Å²) < 4.78 is 84.8. The van der Waals surface area contributed by atoms with Gasteiger partial charge in [-0.2, -0.15) is 26.3 Å². The van der Waals surface area contributed by atoms with Crippen molar-refractivity contribution in [3.05, 3.63) is 82.6 Å². The monoisotopic (exact) mass is 510 g/mol. The van der Waals surface area contributed by atoms with E-state index in [4.69, 9.17) is 4.74 Å². The van der Waals surface area contributed by atoms with E-state index in [0.717, 1.165) is 34.4 Å². The zero-order valence-corrected chi connectivity index (χ0v) is 20.3. The lowest BCUT2D eigenvalue weighted by molar-refractivity contribution is -0.0933. The molecule has 1 aliphatic carbocycles. The molecule has 3 rings (SSSR count). The van der Waals surface area contributed by atoms with Crippen LogP contribution in [0, 0.1) is 13.8 Å². The van der Waals surface area contributed by atoms with Crippen LogP contribution in [0.4, 0.5) is 26.3 Å². The van der Waals surface area contributed by atoms with Crippen molar-refractivity contribution in [3.63, 3.8) is 0 Å². The quantitative estimate of drug-likeness (QED) is 0.274. The summed E-state index contributed by atoms with van der Waals surface area (Å²) in [4.78, 5) is 6.08. The first-order chi connectivity index (χ1) is 16.9. The first kappa shape index (κ1) is 27.5. The van der Waals surface area contributed by atoms with E-state index in [1.807, 2.05) is 44.2 Å². The van der Waals surface area contributed by atoms with E-state index in [2.05, 4.69) is 4.98 Å². The zero-order chi connectivity index (χ0) is 26.5. The number of pyridine rings is 1. The van der Waals surface area contributed by atoms with Gasteiger partial charge in [-0.15, -0.1) is 0 Å². The van der Waals surface area contributed by atoms with Crippen molar-refractivity contribution in [1.82, 2.24) is 9.88 Å². The third-order valence-electron chi connectivity index (χ3n) is 5.90. The van der Waals surface area contributed by atoms with Crippen molar-refractivity contribution < 1.29 is 31.1 Å². The molecule has 2 aromatic rings. The van der Waals surface area contributed by atoms with Gasteiger partial charge in [-0.1, -0.05) is 35.9 Å². The first-order valence-electron chi connectivity index (χ1n) is 11.4. The van der Waals surface area contributed by atoms with E-state index < -0.39 is 23.5 Å². The maximum atomic E-state index is 13.3. The Morgan fingerprint density at radius 3 is 2.28 bits per heavy atom. The van der Waals surface area contributed by atoms with Crippen LogP contribution in [0.15, 0.2) is 71.5 Å². The average Bonchev–Trinajstić information content (AvgIpc) is 3.01. The van der Waals surface area contributed by atoms with E-state index in [1.54, 1.807) is 18.1 Å². The number of likely N-dealkylation sites (N-methyl/N-ethyl adjacent to an activating group) is 1. The van der Waals surface area contributed by atoms with Crippen LogP contribution < -0.4 is 4.74 Å². The van der Waals surface area contributed by atoms with Gasteiger partial charge in [0, 0.05) is 24.8 Å². The third-order valence-corrected chi connectivity index (χ3v) is 5.90. The van der Waals surface area contributed by atoms with Gasteiger partial charge in [0.15, 0.2) is 0 Å². The molecule has 0 N–H and O–H groups in total. The van der Waals surface area contributed by atoms with Crippen molar-refractivity contribution >= 4 is 0 Å². The highest BCUT2D eigenvalue weighted by atomic mass is 19.4. The van der Waals surface area contributed by atoms with Crippen LogP contribution in [0.2, 0.25) is 0 Å². The van der Waals surface area contributed by atoms with Crippen molar-refractivity contribution in [2.45, 2.75) is 39.0 Å². The van der Waals surface area contributed by atoms with Crippen LogP contribution in [0.5, 0.6) is 5.88 Å². The molecule has 0 fully saturated rings. The van der Waals surface area contributed by atoms with Gasteiger partial charge in [-0.25, -0.2) is 4.98 Å². The molecular weight excluding hydrogens is 482 g/mol. The third kappa shape index (κ3) is 7.22. The summed E-state index contributed by atoms with van der Waals surface area (Å²) in [6.45, 7) is 4.88. The van der Waals surface area contributed by atoms with Gasteiger partial charge in [-0.05, 0) is 68.6 Å². The van der Waals surface area contributed by atoms with Crippen molar-refractivity contribution in [1.29, 1.82) is 0 Å². The molecule has 36 heavy (non-hydrogen) atoms. The molecule has 0 unspecified atom stereocenters. The molecule has 1 aromatic carbocycles. The summed E-state index contributed by atoms with van der Waals surface area (Å²) in [6.07, 6.45) is -5.89. The average molecular weight is 511 g/mol. The molecule has 0 spiro atoms. The Kier molecular flexibility index (Phi) is 8.66. The van der Waals surface area contributed by atoms with E-state index in [9.17, 15) is 26.3 Å². The second kappa shape index (κ2) is 11.3. The van der Waals surface area contributed by atoms with Gasteiger partial charge < -0.3 is 9.64 Å². The molecule has 1 aromatic heterocycles. The lowest BCUT2D eigenvalue weighted by Gasteiger charge is -2.19. The second-order valence-electron chi connectivity index (χ2n) is 8.80. The van der Waals surface area contributed by atoms with Crippen LogP contribution >= 0.6 is 0 Å². The Bertz CT molecular complexity index is 1160. The molecule has 0 saturated heterocycles. The lowest BCUT2D eigenvalue weighted by Crippen LogP contribution is -2.24. The van der Waals surface area contributed by atoms with Crippen molar-refractivity contribution in [3.8, 4) is 17.0 Å². The SMILES string of the molecule is Cc1ccccc1-c1ccnc(OCCCN(C)CC2=CC(C(F)(F)F)=CC(C(F)(F)F)=CC2)c1C. The summed E-state index contributed by atoms with van der Waals surface area (Å²) in [6, 6.07) is 9.93. The number of hydrogen-bond donors (Lipinski definition) is 0. The largest absolute Gasteiger partial charge is 0.477 e. The minimum absolute atomic E-state index is 0.106. The standard InChI is InChI=1S/C27H28F6N2O/c1-18-7-4-5-8-23(18)24-11-12-34-25(19(24)2)36-14-6-13-35(3)17-20-9-10-21(26(28,29)30)16-22(15-20)27(31,32)33/h4-5,7-8,10-12,15-16H,6,9,13-14,17H2,1-3H3. The van der Waals surface area contributed by atoms with E-state index in [1.165, 1.54) is 0 Å². The summed E-state index contributed by atoms with van der Waals surface area (Å²) in [5.41, 5.74) is 1.82. The lowest BCUT2D eigenvalue weighted by atomic mass is 9.98. The number of halogens is 6. The highest BCUT2D eigenvalue weighted by Gasteiger charge is 2.38. The summed E-state index contributed by atoms with van der Waals surface area (Å²) in [7, 11) is 1.71. The number of allylic oxidation sites excluding steroid dienone is 5. The van der Waals surface area contributed by atoms with Gasteiger partial charge in [0.25, 0.3) is 0 Å². The fourth-order valence-electron chi connectivity index (χ4n) is 4.02. The number of rotatable bonds is 8. The number of alkyl halides is 6. The number of aromatic nitrogens is 1. The summed E-state index contributed by atoms with van der Waals surface area (Å²) >= 11 is 0. The Labute approximate surface area is 206 Å². The number of nitrogens with zero attached hydrogens (tertiary/aromatic N) is 2. The highest BCUT2D eigenvalue weighted by molar-refractivity contribution is 5.71. The molecule has 0 saturated carbocycles. The molecule has 194 valence electrons. The number of ether oxygens (including phenoxy) is 1. The number of aryl methyl sites for hydroxylation is 1. The Morgan fingerprint density at radius 2 is 1.61 bits per heavy atom. The van der Waals surface area contributed by atoms with Crippen LogP contribution in [0.3, 0.4) is 0 Å². The van der Waals surface area contributed by atoms with Gasteiger partial charge >= 0.3 is 12.4 Å². The van der Waals surface area contributed by atoms with Crippen LogP contribution in [-0.4, -0.2) is 49.0 Å². The van der Waals surface area contributed by atoms with Gasteiger partial charge in [0.05, 0.1) is 17.8 Å². The molecule has 0 amide bonds. The maximum absolute atomic E-state index is 13.3. The predicted molar refractivity (Wildman–Crippen MR) is 128 cm³/mol. The molecule has 9 heteroatoms. The molecule has 0 radical (unpaired) electrons. The van der Waals surface area contributed by atoms with E-state index in [-0.39, 0.29) is 24.6 Å². The van der Waals surface area contributed by atoms with Gasteiger partial charge in [0.2, 0.25) is 5.88 Å². The molecule has 1 aliphatic rings. The molecule has 0 bridgehead atoms.